The summed E-state index contributed by atoms with van der Waals surface area (Å²) in [4.78, 5) is 0. The first-order chi connectivity index (χ1) is 28.2. The van der Waals surface area contributed by atoms with Gasteiger partial charge in [0, 0.05) is 15.9 Å². The molecule has 0 aromatic heterocycles. The van der Waals surface area contributed by atoms with Crippen LogP contribution in [0.1, 0.15) is 22.3 Å². The van der Waals surface area contributed by atoms with Crippen LogP contribution >= 0.6 is 7.14 Å². The van der Waals surface area contributed by atoms with E-state index in [2.05, 4.69) is 152 Å². The van der Waals surface area contributed by atoms with E-state index in [0.29, 0.717) is 0 Å². The van der Waals surface area contributed by atoms with Crippen molar-refractivity contribution in [1.29, 1.82) is 0 Å². The average molecular weight is 743 g/mol. The standard InChI is InChI=1S/C55H35OP/c56-57(38-15-3-1-4-16-38,39-17-5-2-6-18-39)40-30-27-36(28-31-40)37-29-32-53-49(33-37)45-23-11-13-25-51(45)55(53)52-26-14-12-24-46(52)50-34-47-43-21-9-7-19-41(43)42-20-8-10-22-44(42)48(47)35-54(50)55/h1-35H. The monoisotopic (exact) mass is 742 g/mol. The first-order valence-corrected chi connectivity index (χ1v) is 21.4. The lowest BCUT2D eigenvalue weighted by atomic mass is 9.70. The average Bonchev–Trinajstić information content (AvgIpc) is 3.75. The van der Waals surface area contributed by atoms with E-state index in [-0.39, 0.29) is 0 Å². The van der Waals surface area contributed by atoms with Crippen molar-refractivity contribution in [3.63, 3.8) is 0 Å². The summed E-state index contributed by atoms with van der Waals surface area (Å²) < 4.78 is 15.1. The molecule has 2 heteroatoms. The molecule has 0 saturated carbocycles. The fourth-order valence-corrected chi connectivity index (χ4v) is 13.0. The van der Waals surface area contributed by atoms with Crippen LogP contribution in [0, 0.1) is 0 Å². The Hall–Kier alpha value is -6.79. The van der Waals surface area contributed by atoms with E-state index in [4.69, 9.17) is 0 Å². The predicted molar refractivity (Wildman–Crippen MR) is 240 cm³/mol. The summed E-state index contributed by atoms with van der Waals surface area (Å²) in [5, 5.41) is 10.3. The SMILES string of the molecule is O=P(c1ccccc1)(c1ccccc1)c1ccc(-c2ccc3c(c2)-c2ccccc2C32c3ccccc3-c3cc4c5ccccc5c5ccccc5c4cc32)cc1. The molecule has 0 radical (unpaired) electrons. The number of benzene rings is 10. The highest BCUT2D eigenvalue weighted by molar-refractivity contribution is 7.85. The van der Waals surface area contributed by atoms with Crippen LogP contribution in [0.15, 0.2) is 212 Å². The molecule has 0 N–H and O–H groups in total. The van der Waals surface area contributed by atoms with Crippen molar-refractivity contribution in [3.8, 4) is 33.4 Å². The zero-order valence-corrected chi connectivity index (χ0v) is 32.0. The van der Waals surface area contributed by atoms with Crippen molar-refractivity contribution in [2.45, 2.75) is 5.41 Å². The van der Waals surface area contributed by atoms with Crippen molar-refractivity contribution >= 4 is 55.4 Å². The van der Waals surface area contributed by atoms with Crippen LogP contribution in [0.3, 0.4) is 0 Å². The lowest BCUT2D eigenvalue weighted by Gasteiger charge is -2.31. The van der Waals surface area contributed by atoms with Gasteiger partial charge in [-0.15, -0.1) is 0 Å². The van der Waals surface area contributed by atoms with Crippen molar-refractivity contribution in [3.05, 3.63) is 235 Å². The third-order valence-corrected chi connectivity index (χ3v) is 15.8. The Morgan fingerprint density at radius 2 is 0.684 bits per heavy atom. The second-order valence-corrected chi connectivity index (χ2v) is 18.2. The normalized spacial score (nSPS) is 15.2. The fourth-order valence-electron chi connectivity index (χ4n) is 10.3. The predicted octanol–water partition coefficient (Wildman–Crippen LogP) is 12.8. The highest BCUT2D eigenvalue weighted by Crippen LogP contribution is 2.64. The summed E-state index contributed by atoms with van der Waals surface area (Å²) in [5.41, 5.74) is 12.3. The molecule has 266 valence electrons. The third-order valence-electron chi connectivity index (χ3n) is 12.8. The quantitative estimate of drug-likeness (QED) is 0.130. The lowest BCUT2D eigenvalue weighted by Crippen LogP contribution is -2.25. The van der Waals surface area contributed by atoms with Gasteiger partial charge in [0.1, 0.15) is 0 Å². The molecule has 10 aromatic carbocycles. The molecule has 0 fully saturated rings. The Morgan fingerprint density at radius 1 is 0.281 bits per heavy atom. The zero-order valence-electron chi connectivity index (χ0n) is 31.1. The number of fused-ring (bicyclic) bond motifs is 16. The summed E-state index contributed by atoms with van der Waals surface area (Å²) in [6, 6.07) is 76.2. The number of rotatable bonds is 4. The van der Waals surface area contributed by atoms with Crippen LogP contribution in [0.5, 0.6) is 0 Å². The second-order valence-electron chi connectivity index (χ2n) is 15.5. The lowest BCUT2D eigenvalue weighted by molar-refractivity contribution is 0.592. The van der Waals surface area contributed by atoms with Gasteiger partial charge in [0.15, 0.2) is 7.14 Å². The molecule has 0 aliphatic heterocycles. The van der Waals surface area contributed by atoms with Gasteiger partial charge in [-0.05, 0) is 106 Å². The maximum absolute atomic E-state index is 15.1. The Morgan fingerprint density at radius 3 is 1.25 bits per heavy atom. The van der Waals surface area contributed by atoms with Gasteiger partial charge in [-0.25, -0.2) is 0 Å². The molecule has 1 nitrogen and oxygen atoms in total. The molecular formula is C55H35OP. The molecule has 0 bridgehead atoms. The third kappa shape index (κ3) is 4.38. The molecule has 1 unspecified atom stereocenters. The topological polar surface area (TPSA) is 17.1 Å². The van der Waals surface area contributed by atoms with E-state index in [9.17, 15) is 0 Å². The van der Waals surface area contributed by atoms with Crippen molar-refractivity contribution in [1.82, 2.24) is 0 Å². The molecular weight excluding hydrogens is 708 g/mol. The molecule has 2 aliphatic rings. The van der Waals surface area contributed by atoms with Gasteiger partial charge < -0.3 is 4.57 Å². The van der Waals surface area contributed by atoms with E-state index in [0.717, 1.165) is 27.0 Å². The van der Waals surface area contributed by atoms with Gasteiger partial charge in [-0.1, -0.05) is 194 Å². The summed E-state index contributed by atoms with van der Waals surface area (Å²) in [6.07, 6.45) is 0. The fraction of sp³-hybridized carbons (Fsp3) is 0.0182. The van der Waals surface area contributed by atoms with E-state index >= 15 is 4.57 Å². The Kier molecular flexibility index (Phi) is 6.89. The van der Waals surface area contributed by atoms with E-state index in [1.165, 1.54) is 76.8 Å². The number of hydrogen-bond donors (Lipinski definition) is 0. The molecule has 12 rings (SSSR count). The molecule has 0 saturated heterocycles. The minimum absolute atomic E-state index is 0.459. The Balaban J connectivity index is 1.06. The van der Waals surface area contributed by atoms with Gasteiger partial charge in [0.2, 0.25) is 0 Å². The Bertz CT molecular complexity index is 3270. The molecule has 1 atom stereocenters. The summed E-state index contributed by atoms with van der Waals surface area (Å²) >= 11 is 0. The molecule has 1 spiro atoms. The van der Waals surface area contributed by atoms with Crippen LogP contribution in [-0.2, 0) is 9.98 Å². The van der Waals surface area contributed by atoms with Crippen molar-refractivity contribution < 1.29 is 4.57 Å². The van der Waals surface area contributed by atoms with Gasteiger partial charge >= 0.3 is 0 Å². The maximum Gasteiger partial charge on any atom is 0.171 e. The molecule has 2 aliphatic carbocycles. The first kappa shape index (κ1) is 32.5. The van der Waals surface area contributed by atoms with Crippen molar-refractivity contribution in [2.75, 3.05) is 0 Å². The van der Waals surface area contributed by atoms with E-state index in [1.54, 1.807) is 0 Å². The molecule has 0 heterocycles. The Labute approximate surface area is 331 Å². The minimum atomic E-state index is -3.07. The molecule has 57 heavy (non-hydrogen) atoms. The highest BCUT2D eigenvalue weighted by atomic mass is 31.2. The van der Waals surface area contributed by atoms with Gasteiger partial charge in [-0.2, -0.15) is 0 Å². The summed E-state index contributed by atoms with van der Waals surface area (Å²) in [7, 11) is -3.07. The van der Waals surface area contributed by atoms with Gasteiger partial charge in [0.25, 0.3) is 0 Å². The van der Waals surface area contributed by atoms with Crippen LogP contribution in [0.2, 0.25) is 0 Å². The second kappa shape index (κ2) is 12.1. The molecule has 10 aromatic rings. The van der Waals surface area contributed by atoms with E-state index < -0.39 is 12.6 Å². The minimum Gasteiger partial charge on any atom is -0.309 e. The van der Waals surface area contributed by atoms with Gasteiger partial charge in [-0.3, -0.25) is 0 Å². The van der Waals surface area contributed by atoms with Crippen LogP contribution in [0.25, 0.3) is 65.7 Å². The van der Waals surface area contributed by atoms with Crippen LogP contribution in [0.4, 0.5) is 0 Å². The zero-order chi connectivity index (χ0) is 37.7. The highest BCUT2D eigenvalue weighted by Gasteiger charge is 2.51. The smallest absolute Gasteiger partial charge is 0.171 e. The summed E-state index contributed by atoms with van der Waals surface area (Å²) in [5.74, 6) is 0. The largest absolute Gasteiger partial charge is 0.309 e. The van der Waals surface area contributed by atoms with Crippen molar-refractivity contribution in [2.24, 2.45) is 0 Å². The van der Waals surface area contributed by atoms with Crippen LogP contribution in [-0.4, -0.2) is 0 Å². The maximum atomic E-state index is 15.1. The summed E-state index contributed by atoms with van der Waals surface area (Å²) in [6.45, 7) is 0. The number of hydrogen-bond acceptors (Lipinski definition) is 1. The molecule has 0 amide bonds. The first-order valence-electron chi connectivity index (χ1n) is 19.7. The van der Waals surface area contributed by atoms with E-state index in [1.807, 2.05) is 60.7 Å². The van der Waals surface area contributed by atoms with Gasteiger partial charge in [0.05, 0.1) is 5.41 Å². The van der Waals surface area contributed by atoms with Crippen LogP contribution < -0.4 is 15.9 Å².